The maximum absolute atomic E-state index is 10.8. The zero-order valence-corrected chi connectivity index (χ0v) is 9.79. The summed E-state index contributed by atoms with van der Waals surface area (Å²) in [6, 6.07) is 3.51. The monoisotopic (exact) mass is 255 g/mol. The molecule has 98 valence electrons. The zero-order valence-electron chi connectivity index (χ0n) is 9.79. The number of ether oxygens (including phenoxy) is 1. The van der Waals surface area contributed by atoms with Crippen LogP contribution in [0.25, 0.3) is 0 Å². The van der Waals surface area contributed by atoms with E-state index in [0.29, 0.717) is 19.6 Å². The lowest BCUT2D eigenvalue weighted by Gasteiger charge is -2.06. The van der Waals surface area contributed by atoms with E-state index in [1.165, 1.54) is 12.1 Å². The number of nitro groups is 2. The van der Waals surface area contributed by atoms with Crippen molar-refractivity contribution in [3.8, 4) is 0 Å². The van der Waals surface area contributed by atoms with Crippen molar-refractivity contribution in [2.24, 2.45) is 0 Å². The molecule has 8 heteroatoms. The van der Waals surface area contributed by atoms with Crippen molar-refractivity contribution in [2.75, 3.05) is 25.6 Å². The van der Waals surface area contributed by atoms with Crippen LogP contribution in [0.3, 0.4) is 0 Å². The van der Waals surface area contributed by atoms with Gasteiger partial charge in [0.05, 0.1) is 15.9 Å². The van der Waals surface area contributed by atoms with Crippen molar-refractivity contribution >= 4 is 17.1 Å². The summed E-state index contributed by atoms with van der Waals surface area (Å²) >= 11 is 0. The van der Waals surface area contributed by atoms with Crippen LogP contribution in [0.5, 0.6) is 0 Å². The van der Waals surface area contributed by atoms with Crippen molar-refractivity contribution < 1.29 is 14.6 Å². The number of nitro benzene ring substituents is 2. The van der Waals surface area contributed by atoms with Crippen LogP contribution in [0, 0.1) is 20.2 Å². The normalized spacial score (nSPS) is 10.1. The Kier molecular flexibility index (Phi) is 5.00. The highest BCUT2D eigenvalue weighted by Crippen LogP contribution is 2.28. The molecular formula is C10H13N3O5. The fourth-order valence-electron chi connectivity index (χ4n) is 1.37. The van der Waals surface area contributed by atoms with Crippen LogP contribution in [-0.2, 0) is 4.74 Å². The average molecular weight is 255 g/mol. The molecule has 0 bridgehead atoms. The molecule has 8 nitrogen and oxygen atoms in total. The highest BCUT2D eigenvalue weighted by molar-refractivity contribution is 5.65. The Labute approximate surface area is 103 Å². The standard InChI is InChI=1S/C10H13N3O5/c1-18-6-2-5-11-9-4-3-8(12(14)15)7-10(9)13(16)17/h3-4,7,11H,2,5-6H2,1H3. The predicted molar refractivity (Wildman–Crippen MR) is 64.7 cm³/mol. The fourth-order valence-corrected chi connectivity index (χ4v) is 1.37. The van der Waals surface area contributed by atoms with E-state index in [1.54, 1.807) is 7.11 Å². The van der Waals surface area contributed by atoms with Gasteiger partial charge in [-0.05, 0) is 12.5 Å². The van der Waals surface area contributed by atoms with Crippen LogP contribution < -0.4 is 5.32 Å². The molecule has 0 atom stereocenters. The first-order chi connectivity index (χ1) is 8.56. The second-order valence-electron chi connectivity index (χ2n) is 3.49. The molecule has 0 saturated heterocycles. The number of nitrogens with zero attached hydrogens (tertiary/aromatic N) is 2. The number of hydrogen-bond donors (Lipinski definition) is 1. The molecule has 0 aromatic heterocycles. The van der Waals surface area contributed by atoms with Gasteiger partial charge in [-0.3, -0.25) is 20.2 Å². The Hall–Kier alpha value is -2.22. The maximum atomic E-state index is 10.8. The SMILES string of the molecule is COCCCNc1ccc([N+](=O)[O-])cc1[N+](=O)[O-]. The van der Waals surface area contributed by atoms with E-state index in [4.69, 9.17) is 4.74 Å². The van der Waals surface area contributed by atoms with Crippen LogP contribution in [-0.4, -0.2) is 30.1 Å². The second kappa shape index (κ2) is 6.50. The van der Waals surface area contributed by atoms with E-state index in [2.05, 4.69) is 5.32 Å². The van der Waals surface area contributed by atoms with Gasteiger partial charge in [-0.1, -0.05) is 0 Å². The molecule has 0 aliphatic heterocycles. The van der Waals surface area contributed by atoms with Crippen LogP contribution in [0.4, 0.5) is 17.1 Å². The van der Waals surface area contributed by atoms with E-state index in [-0.39, 0.29) is 17.1 Å². The molecule has 0 unspecified atom stereocenters. The molecule has 0 aliphatic rings. The lowest BCUT2D eigenvalue weighted by molar-refractivity contribution is -0.393. The van der Waals surface area contributed by atoms with Crippen LogP contribution >= 0.6 is 0 Å². The molecule has 1 aromatic rings. The minimum atomic E-state index is -0.665. The molecule has 1 aromatic carbocycles. The molecule has 0 saturated carbocycles. The third kappa shape index (κ3) is 3.67. The third-order valence-electron chi connectivity index (χ3n) is 2.23. The molecular weight excluding hydrogens is 242 g/mol. The van der Waals surface area contributed by atoms with Gasteiger partial charge in [0.2, 0.25) is 0 Å². The molecule has 0 fully saturated rings. The summed E-state index contributed by atoms with van der Waals surface area (Å²) in [7, 11) is 1.56. The first-order valence-corrected chi connectivity index (χ1v) is 5.22. The van der Waals surface area contributed by atoms with E-state index < -0.39 is 9.85 Å². The van der Waals surface area contributed by atoms with Crippen molar-refractivity contribution in [3.63, 3.8) is 0 Å². The van der Waals surface area contributed by atoms with Gasteiger partial charge in [0.25, 0.3) is 11.4 Å². The topological polar surface area (TPSA) is 108 Å². The number of non-ortho nitro benzene ring substituents is 1. The number of rotatable bonds is 7. The highest BCUT2D eigenvalue weighted by atomic mass is 16.6. The largest absolute Gasteiger partial charge is 0.385 e. The summed E-state index contributed by atoms with van der Waals surface area (Å²) in [5.74, 6) is 0. The molecule has 0 aliphatic carbocycles. The van der Waals surface area contributed by atoms with Gasteiger partial charge < -0.3 is 10.1 Å². The summed E-state index contributed by atoms with van der Waals surface area (Å²) in [5, 5.41) is 24.2. The number of nitrogens with one attached hydrogen (secondary N) is 1. The lowest BCUT2D eigenvalue weighted by Crippen LogP contribution is -2.06. The maximum Gasteiger partial charge on any atom is 0.299 e. The summed E-state index contributed by atoms with van der Waals surface area (Å²) < 4.78 is 4.84. The summed E-state index contributed by atoms with van der Waals surface area (Å²) in [6.45, 7) is 1.03. The molecule has 18 heavy (non-hydrogen) atoms. The molecule has 0 amide bonds. The number of hydrogen-bond acceptors (Lipinski definition) is 6. The minimum Gasteiger partial charge on any atom is -0.385 e. The van der Waals surface area contributed by atoms with Gasteiger partial charge in [-0.25, -0.2) is 0 Å². The number of benzene rings is 1. The Morgan fingerprint density at radius 1 is 1.28 bits per heavy atom. The van der Waals surface area contributed by atoms with E-state index >= 15 is 0 Å². The summed E-state index contributed by atoms with van der Waals surface area (Å²) in [5.41, 5.74) is -0.340. The van der Waals surface area contributed by atoms with Crippen molar-refractivity contribution in [2.45, 2.75) is 6.42 Å². The Bertz CT molecular complexity index is 449. The van der Waals surface area contributed by atoms with Gasteiger partial charge in [-0.2, -0.15) is 0 Å². The van der Waals surface area contributed by atoms with Crippen LogP contribution in [0.2, 0.25) is 0 Å². The Morgan fingerprint density at radius 3 is 2.56 bits per heavy atom. The first-order valence-electron chi connectivity index (χ1n) is 5.22. The lowest BCUT2D eigenvalue weighted by atomic mass is 10.2. The quantitative estimate of drug-likeness (QED) is 0.453. The second-order valence-corrected chi connectivity index (χ2v) is 3.49. The van der Waals surface area contributed by atoms with Crippen molar-refractivity contribution in [1.29, 1.82) is 0 Å². The summed E-state index contributed by atoms with van der Waals surface area (Å²) in [6.07, 6.45) is 0.685. The first kappa shape index (κ1) is 13.8. The van der Waals surface area contributed by atoms with Crippen LogP contribution in [0.15, 0.2) is 18.2 Å². The van der Waals surface area contributed by atoms with Gasteiger partial charge in [0, 0.05) is 26.3 Å². The number of methoxy groups -OCH3 is 1. The van der Waals surface area contributed by atoms with E-state index in [9.17, 15) is 20.2 Å². The Balaban J connectivity index is 2.83. The fraction of sp³-hybridized carbons (Fsp3) is 0.400. The average Bonchev–Trinajstić information content (AvgIpc) is 2.34. The molecule has 0 spiro atoms. The number of anilines is 1. The van der Waals surface area contributed by atoms with Gasteiger partial charge in [0.1, 0.15) is 5.69 Å². The Morgan fingerprint density at radius 2 is 2.00 bits per heavy atom. The van der Waals surface area contributed by atoms with Gasteiger partial charge >= 0.3 is 0 Å². The van der Waals surface area contributed by atoms with Gasteiger partial charge in [0.15, 0.2) is 0 Å². The van der Waals surface area contributed by atoms with Crippen molar-refractivity contribution in [3.05, 3.63) is 38.4 Å². The highest BCUT2D eigenvalue weighted by Gasteiger charge is 2.18. The smallest absolute Gasteiger partial charge is 0.299 e. The van der Waals surface area contributed by atoms with Crippen LogP contribution in [0.1, 0.15) is 6.42 Å². The van der Waals surface area contributed by atoms with Gasteiger partial charge in [-0.15, -0.1) is 0 Å². The predicted octanol–water partition coefficient (Wildman–Crippen LogP) is 1.95. The summed E-state index contributed by atoms with van der Waals surface area (Å²) in [4.78, 5) is 20.0. The van der Waals surface area contributed by atoms with Crippen molar-refractivity contribution in [1.82, 2.24) is 0 Å². The third-order valence-corrected chi connectivity index (χ3v) is 2.23. The molecule has 0 radical (unpaired) electrons. The zero-order chi connectivity index (χ0) is 13.5. The van der Waals surface area contributed by atoms with E-state index in [1.807, 2.05) is 0 Å². The molecule has 1 rings (SSSR count). The minimum absolute atomic E-state index is 0.265. The molecule has 0 heterocycles. The molecule has 1 N–H and O–H groups in total. The van der Waals surface area contributed by atoms with E-state index in [0.717, 1.165) is 6.07 Å².